The minimum absolute atomic E-state index is 0.133. The van der Waals surface area contributed by atoms with Gasteiger partial charge in [-0.05, 0) is 11.1 Å². The van der Waals surface area contributed by atoms with E-state index in [1.54, 1.807) is 0 Å². The van der Waals surface area contributed by atoms with Crippen LogP contribution in [0.15, 0.2) is 60.7 Å². The van der Waals surface area contributed by atoms with Crippen LogP contribution in [0, 0.1) is 39.4 Å². The summed E-state index contributed by atoms with van der Waals surface area (Å²) in [4.78, 5) is 0. The first-order valence-electron chi connectivity index (χ1n) is 8.02. The van der Waals surface area contributed by atoms with E-state index in [9.17, 15) is 5.26 Å². The summed E-state index contributed by atoms with van der Waals surface area (Å²) in [5.41, 5.74) is 2.13. The molecule has 0 saturated carbocycles. The predicted molar refractivity (Wildman–Crippen MR) is 96.2 cm³/mol. The Kier molecular flexibility index (Phi) is 4.71. The first-order valence-corrected chi connectivity index (χ1v) is 8.02. The third-order valence-corrected chi connectivity index (χ3v) is 4.44. The molecular formula is C20H18N4O. The molecule has 2 aromatic rings. The van der Waals surface area contributed by atoms with Gasteiger partial charge in [0.15, 0.2) is 5.90 Å². The van der Waals surface area contributed by atoms with E-state index < -0.39 is 17.8 Å². The molecule has 1 aliphatic heterocycles. The third-order valence-electron chi connectivity index (χ3n) is 4.44. The van der Waals surface area contributed by atoms with E-state index in [-0.39, 0.29) is 11.8 Å². The Morgan fingerprint density at radius 1 is 0.960 bits per heavy atom. The Morgan fingerprint density at radius 2 is 1.56 bits per heavy atom. The van der Waals surface area contributed by atoms with Crippen molar-refractivity contribution in [3.8, 4) is 6.07 Å². The van der Waals surface area contributed by atoms with Gasteiger partial charge in [0, 0.05) is 18.1 Å². The van der Waals surface area contributed by atoms with Gasteiger partial charge in [0.1, 0.15) is 5.92 Å². The maximum absolute atomic E-state index is 9.56. The topological polar surface area (TPSA) is 105 Å². The van der Waals surface area contributed by atoms with Crippen LogP contribution in [0.4, 0.5) is 0 Å². The molecule has 0 bridgehead atoms. The normalized spacial score (nSPS) is 22.8. The average Bonchev–Trinajstić information content (AvgIpc) is 2.62. The highest BCUT2D eigenvalue weighted by atomic mass is 16.5. The molecule has 2 aromatic carbocycles. The molecule has 0 aromatic heterocycles. The number of benzene rings is 2. The van der Waals surface area contributed by atoms with Crippen molar-refractivity contribution in [3.05, 3.63) is 71.8 Å². The molecule has 1 heterocycles. The van der Waals surface area contributed by atoms with Crippen LogP contribution in [0.1, 0.15) is 17.0 Å². The van der Waals surface area contributed by atoms with Gasteiger partial charge in [-0.25, -0.2) is 0 Å². The molecule has 3 unspecified atom stereocenters. The fourth-order valence-corrected chi connectivity index (χ4v) is 3.26. The highest BCUT2D eigenvalue weighted by Crippen LogP contribution is 2.38. The molecular weight excluding hydrogens is 312 g/mol. The second-order valence-corrected chi connectivity index (χ2v) is 6.04. The second kappa shape index (κ2) is 7.10. The summed E-state index contributed by atoms with van der Waals surface area (Å²) in [5.74, 6) is -2.27. The van der Waals surface area contributed by atoms with Crippen molar-refractivity contribution in [2.24, 2.45) is 11.8 Å². The Labute approximate surface area is 146 Å². The summed E-state index contributed by atoms with van der Waals surface area (Å²) in [6.07, 6.45) is 0.381. The first-order chi connectivity index (χ1) is 12.1. The number of hydrogen-bond donors (Lipinski definition) is 3. The zero-order valence-corrected chi connectivity index (χ0v) is 13.6. The van der Waals surface area contributed by atoms with Crippen LogP contribution in [0.25, 0.3) is 0 Å². The highest BCUT2D eigenvalue weighted by molar-refractivity contribution is 6.09. The number of hydrogen-bond acceptors (Lipinski definition) is 5. The lowest BCUT2D eigenvalue weighted by atomic mass is 9.72. The van der Waals surface area contributed by atoms with Gasteiger partial charge in [-0.1, -0.05) is 60.7 Å². The van der Waals surface area contributed by atoms with E-state index >= 15 is 0 Å². The van der Waals surface area contributed by atoms with Crippen LogP contribution in [-0.2, 0) is 11.2 Å². The van der Waals surface area contributed by atoms with Crippen molar-refractivity contribution in [2.45, 2.75) is 12.3 Å². The molecule has 0 amide bonds. The summed E-state index contributed by atoms with van der Waals surface area (Å²) >= 11 is 0. The summed E-state index contributed by atoms with van der Waals surface area (Å²) in [7, 11) is 0. The standard InChI is InChI=1S/C20H18N4O/c21-12-15-17(14-9-5-2-6-10-14)18(20(24)25-19(15)23)16(22)11-13-7-3-1-4-8-13/h1-10,15,17-18,22-24H,11H2. The van der Waals surface area contributed by atoms with E-state index in [0.29, 0.717) is 12.1 Å². The molecule has 3 rings (SSSR count). The van der Waals surface area contributed by atoms with Gasteiger partial charge in [-0.15, -0.1) is 0 Å². The van der Waals surface area contributed by atoms with Crippen molar-refractivity contribution < 1.29 is 4.74 Å². The second-order valence-electron chi connectivity index (χ2n) is 6.04. The Morgan fingerprint density at radius 3 is 2.16 bits per heavy atom. The Hall–Kier alpha value is -3.26. The molecule has 1 aliphatic rings. The first kappa shape index (κ1) is 16.6. The van der Waals surface area contributed by atoms with Crippen molar-refractivity contribution in [3.63, 3.8) is 0 Å². The Bertz CT molecular complexity index is 839. The SMILES string of the molecule is N#CC1C(=N)OC(=N)C(C(=N)Cc2ccccc2)C1c1ccccc1. The quantitative estimate of drug-likeness (QED) is 0.742. The lowest BCUT2D eigenvalue weighted by Gasteiger charge is -2.36. The van der Waals surface area contributed by atoms with Gasteiger partial charge in [0.2, 0.25) is 5.90 Å². The molecule has 25 heavy (non-hydrogen) atoms. The molecule has 1 saturated heterocycles. The van der Waals surface area contributed by atoms with E-state index in [1.165, 1.54) is 0 Å². The number of rotatable bonds is 4. The van der Waals surface area contributed by atoms with Crippen LogP contribution in [0.3, 0.4) is 0 Å². The molecule has 5 heteroatoms. The van der Waals surface area contributed by atoms with Crippen LogP contribution in [0.2, 0.25) is 0 Å². The molecule has 124 valence electrons. The number of nitrogens with one attached hydrogen (secondary N) is 3. The zero-order valence-electron chi connectivity index (χ0n) is 13.6. The highest BCUT2D eigenvalue weighted by Gasteiger charge is 2.45. The molecule has 0 spiro atoms. The number of nitriles is 1. The van der Waals surface area contributed by atoms with Gasteiger partial charge in [-0.3, -0.25) is 10.8 Å². The van der Waals surface area contributed by atoms with Crippen LogP contribution in [0.5, 0.6) is 0 Å². The van der Waals surface area contributed by atoms with E-state index in [0.717, 1.165) is 11.1 Å². The molecule has 0 radical (unpaired) electrons. The molecule has 5 nitrogen and oxygen atoms in total. The summed E-state index contributed by atoms with van der Waals surface area (Å²) in [6, 6.07) is 21.1. The van der Waals surface area contributed by atoms with Gasteiger partial charge in [-0.2, -0.15) is 5.26 Å². The van der Waals surface area contributed by atoms with Gasteiger partial charge in [0.25, 0.3) is 0 Å². The lowest BCUT2D eigenvalue weighted by Crippen LogP contribution is -2.44. The van der Waals surface area contributed by atoms with Crippen molar-refractivity contribution in [1.82, 2.24) is 0 Å². The minimum atomic E-state index is -0.808. The van der Waals surface area contributed by atoms with E-state index in [4.69, 9.17) is 21.0 Å². The van der Waals surface area contributed by atoms with Crippen LogP contribution < -0.4 is 0 Å². The van der Waals surface area contributed by atoms with E-state index in [1.807, 2.05) is 60.7 Å². The van der Waals surface area contributed by atoms with Crippen molar-refractivity contribution in [1.29, 1.82) is 21.5 Å². The van der Waals surface area contributed by atoms with Gasteiger partial charge >= 0.3 is 0 Å². The van der Waals surface area contributed by atoms with Crippen LogP contribution >= 0.6 is 0 Å². The largest absolute Gasteiger partial charge is 0.428 e. The zero-order chi connectivity index (χ0) is 17.8. The fraction of sp³-hybridized carbons (Fsp3) is 0.200. The maximum Gasteiger partial charge on any atom is 0.207 e. The monoisotopic (exact) mass is 330 g/mol. The summed E-state index contributed by atoms with van der Waals surface area (Å²) < 4.78 is 5.22. The van der Waals surface area contributed by atoms with E-state index in [2.05, 4.69) is 6.07 Å². The Balaban J connectivity index is 1.98. The van der Waals surface area contributed by atoms with Crippen molar-refractivity contribution in [2.75, 3.05) is 0 Å². The predicted octanol–water partition coefficient (Wildman–Crippen LogP) is 3.77. The average molecular weight is 330 g/mol. The smallest absolute Gasteiger partial charge is 0.207 e. The molecule has 3 N–H and O–H groups in total. The molecule has 3 atom stereocenters. The number of ether oxygens (including phenoxy) is 1. The van der Waals surface area contributed by atoms with Crippen LogP contribution in [-0.4, -0.2) is 17.5 Å². The third kappa shape index (κ3) is 3.33. The minimum Gasteiger partial charge on any atom is -0.428 e. The molecule has 0 aliphatic carbocycles. The summed E-state index contributed by atoms with van der Waals surface area (Å²) in [5, 5.41) is 34.3. The van der Waals surface area contributed by atoms with Gasteiger partial charge < -0.3 is 10.1 Å². The maximum atomic E-state index is 9.56. The fourth-order valence-electron chi connectivity index (χ4n) is 3.26. The van der Waals surface area contributed by atoms with Gasteiger partial charge in [0.05, 0.1) is 12.0 Å². The molecule has 1 fully saturated rings. The number of nitrogens with zero attached hydrogens (tertiary/aromatic N) is 1. The lowest BCUT2D eigenvalue weighted by molar-refractivity contribution is 0.373. The summed E-state index contributed by atoms with van der Waals surface area (Å²) in [6.45, 7) is 0. The van der Waals surface area contributed by atoms with Crippen molar-refractivity contribution >= 4 is 17.5 Å².